The van der Waals surface area contributed by atoms with E-state index in [0.717, 1.165) is 12.3 Å². The number of nitrogens with zero attached hydrogens (tertiary/aromatic N) is 5. The molecule has 1 aromatic heterocycles. The van der Waals surface area contributed by atoms with Gasteiger partial charge in [0.2, 0.25) is 5.72 Å². The molecular weight excluding hydrogens is 387 g/mol. The highest BCUT2D eigenvalue weighted by Crippen LogP contribution is 2.39. The Hall–Kier alpha value is -3.26. The third-order valence-electron chi connectivity index (χ3n) is 3.79. The summed E-state index contributed by atoms with van der Waals surface area (Å²) in [5.41, 5.74) is 5.13. The van der Waals surface area contributed by atoms with Crippen LogP contribution in [-0.2, 0) is 19.1 Å². The van der Waals surface area contributed by atoms with E-state index in [9.17, 15) is 29.0 Å². The average molecular weight is 402 g/mol. The number of ether oxygens (including phenoxy) is 2. The highest BCUT2D eigenvalue weighted by Gasteiger charge is 2.56. The van der Waals surface area contributed by atoms with E-state index in [1.54, 1.807) is 0 Å². The number of carbonyl (C=O) groups is 2. The molecule has 28 heavy (non-hydrogen) atoms. The molecule has 4 N–H and O–H groups in total. The van der Waals surface area contributed by atoms with Crippen LogP contribution in [0.25, 0.3) is 10.4 Å². The predicted octanol–water partition coefficient (Wildman–Crippen LogP) is -1.14. The van der Waals surface area contributed by atoms with Crippen molar-refractivity contribution in [2.45, 2.75) is 36.9 Å². The summed E-state index contributed by atoms with van der Waals surface area (Å²) in [4.78, 5) is 39.3. The number of carboxylic acid groups (broad SMARTS) is 1. The molecule has 0 aromatic carbocycles. The van der Waals surface area contributed by atoms with Crippen molar-refractivity contribution in [1.82, 2.24) is 9.55 Å². The van der Waals surface area contributed by atoms with E-state index in [0.29, 0.717) is 4.57 Å². The van der Waals surface area contributed by atoms with Crippen molar-refractivity contribution in [3.8, 4) is 0 Å². The molecule has 1 aliphatic heterocycles. The lowest BCUT2D eigenvalue weighted by Gasteiger charge is -2.23. The molecule has 2 heterocycles. The number of rotatable bonds is 9. The van der Waals surface area contributed by atoms with Crippen LogP contribution in [0.4, 0.5) is 10.2 Å². The third-order valence-corrected chi connectivity index (χ3v) is 3.79. The Morgan fingerprint density at radius 3 is 2.93 bits per heavy atom. The van der Waals surface area contributed by atoms with Crippen LogP contribution in [0.3, 0.4) is 0 Å². The lowest BCUT2D eigenvalue weighted by atomic mass is 10.1. The van der Waals surface area contributed by atoms with Crippen molar-refractivity contribution in [1.29, 1.82) is 0 Å². The second-order valence-electron chi connectivity index (χ2n) is 5.56. The summed E-state index contributed by atoms with van der Waals surface area (Å²) >= 11 is 0. The fourth-order valence-electron chi connectivity index (χ4n) is 2.49. The van der Waals surface area contributed by atoms with Gasteiger partial charge in [0.15, 0.2) is 18.6 Å². The smallest absolute Gasteiger partial charge is 0.351 e. The summed E-state index contributed by atoms with van der Waals surface area (Å²) in [6.07, 6.45) is -6.99. The Bertz CT molecular complexity index is 845. The summed E-state index contributed by atoms with van der Waals surface area (Å²) in [6.45, 7) is -1.04. The van der Waals surface area contributed by atoms with Crippen molar-refractivity contribution < 1.29 is 38.8 Å². The van der Waals surface area contributed by atoms with Crippen LogP contribution >= 0.6 is 0 Å². The van der Waals surface area contributed by atoms with Crippen molar-refractivity contribution in [2.75, 3.05) is 11.9 Å². The van der Waals surface area contributed by atoms with Gasteiger partial charge in [0.05, 0.1) is 6.61 Å². The minimum absolute atomic E-state index is 0.00742. The Morgan fingerprint density at radius 2 is 2.39 bits per heavy atom. The molecule has 2 rings (SSSR count). The fraction of sp³-hybridized carbons (Fsp3) is 0.538. The van der Waals surface area contributed by atoms with Gasteiger partial charge < -0.3 is 30.1 Å². The first kappa shape index (κ1) is 21.0. The van der Waals surface area contributed by atoms with Gasteiger partial charge in [-0.3, -0.25) is 14.2 Å². The van der Waals surface area contributed by atoms with E-state index in [4.69, 9.17) is 15.4 Å². The molecule has 1 aliphatic rings. The number of nitrogens with one attached hydrogen (secondary N) is 1. The maximum absolute atomic E-state index is 14.4. The first-order valence-electron chi connectivity index (χ1n) is 7.61. The van der Waals surface area contributed by atoms with E-state index in [1.165, 1.54) is 0 Å². The topological polar surface area (TPSA) is 209 Å². The highest BCUT2D eigenvalue weighted by atomic mass is 19.1. The lowest BCUT2D eigenvalue weighted by molar-refractivity contribution is -0.142. The SMILES string of the molecule is [N-]=[N+]=N[C@]1(CO)OC(n2ccc(N[C@@H](CC(=O)O)OC=O)nc2=O)[C@@H](F)C1O. The van der Waals surface area contributed by atoms with Crippen LogP contribution in [0.5, 0.6) is 0 Å². The number of carbonyl (C=O) groups excluding carboxylic acids is 1. The standard InChI is InChI=1S/C13H15FN6O8/c14-9-10(25)13(4-21,18-19-15)28-11(9)20-2-1-6(17-12(20)26)16-7(27-5-22)3-8(23)24/h1-2,5,7,9-11,21,25H,3-4H2,(H,23,24)(H,16,17,26)/t7-,9+,10?,11?,13-/m1/s1. The monoisotopic (exact) mass is 402 g/mol. The lowest BCUT2D eigenvalue weighted by Crippen LogP contribution is -2.43. The molecule has 1 aromatic rings. The second-order valence-corrected chi connectivity index (χ2v) is 5.56. The molecule has 0 bridgehead atoms. The maximum Gasteiger partial charge on any atom is 0.351 e. The number of carboxylic acids is 1. The van der Waals surface area contributed by atoms with Gasteiger partial charge in [0, 0.05) is 11.1 Å². The largest absolute Gasteiger partial charge is 0.481 e. The van der Waals surface area contributed by atoms with Gasteiger partial charge in [-0.1, -0.05) is 5.11 Å². The number of anilines is 1. The summed E-state index contributed by atoms with van der Waals surface area (Å²) in [7, 11) is 0. The summed E-state index contributed by atoms with van der Waals surface area (Å²) < 4.78 is 24.7. The van der Waals surface area contributed by atoms with Crippen LogP contribution < -0.4 is 11.0 Å². The second kappa shape index (κ2) is 8.62. The van der Waals surface area contributed by atoms with Crippen LogP contribution in [0, 0.1) is 0 Å². The minimum Gasteiger partial charge on any atom is -0.481 e. The molecular formula is C13H15FN6O8. The van der Waals surface area contributed by atoms with E-state index in [-0.39, 0.29) is 12.3 Å². The molecule has 0 amide bonds. The highest BCUT2D eigenvalue weighted by molar-refractivity contribution is 5.68. The number of halogens is 1. The molecule has 1 fully saturated rings. The summed E-state index contributed by atoms with van der Waals surface area (Å²) in [5.74, 6) is -1.48. The van der Waals surface area contributed by atoms with E-state index < -0.39 is 55.1 Å². The number of aliphatic hydroxyl groups excluding tert-OH is 2. The molecule has 0 spiro atoms. The van der Waals surface area contributed by atoms with Crippen molar-refractivity contribution in [3.63, 3.8) is 0 Å². The third kappa shape index (κ3) is 4.17. The normalized spacial score (nSPS) is 27.5. The Balaban J connectivity index is 2.27. The van der Waals surface area contributed by atoms with Crippen LogP contribution in [-0.4, -0.2) is 68.1 Å². The minimum atomic E-state index is -2.32. The maximum atomic E-state index is 14.4. The van der Waals surface area contributed by atoms with Gasteiger partial charge in [-0.2, -0.15) is 4.98 Å². The molecule has 0 aliphatic carbocycles. The quantitative estimate of drug-likeness (QED) is 0.128. The van der Waals surface area contributed by atoms with Crippen molar-refractivity contribution >= 4 is 18.3 Å². The molecule has 14 nitrogen and oxygen atoms in total. The average Bonchev–Trinajstić information content (AvgIpc) is 2.87. The number of alkyl halides is 1. The zero-order chi connectivity index (χ0) is 20.9. The van der Waals surface area contributed by atoms with Crippen LogP contribution in [0.15, 0.2) is 22.2 Å². The first-order chi connectivity index (χ1) is 13.3. The molecule has 1 saturated heterocycles. The van der Waals surface area contributed by atoms with E-state index >= 15 is 0 Å². The van der Waals surface area contributed by atoms with Gasteiger partial charge in [0.1, 0.15) is 18.3 Å². The van der Waals surface area contributed by atoms with Crippen molar-refractivity contribution in [2.24, 2.45) is 5.11 Å². The van der Waals surface area contributed by atoms with Gasteiger partial charge in [-0.05, 0) is 11.6 Å². The summed E-state index contributed by atoms with van der Waals surface area (Å²) in [5, 5.41) is 33.4. The van der Waals surface area contributed by atoms with Crippen LogP contribution in [0.2, 0.25) is 0 Å². The Labute approximate surface area is 154 Å². The van der Waals surface area contributed by atoms with E-state index in [1.807, 2.05) is 0 Å². The predicted molar refractivity (Wildman–Crippen MR) is 85.3 cm³/mol. The number of aliphatic hydroxyl groups is 2. The van der Waals surface area contributed by atoms with Crippen molar-refractivity contribution in [3.05, 3.63) is 33.2 Å². The number of aliphatic carboxylic acids is 1. The number of aromatic nitrogens is 2. The van der Waals surface area contributed by atoms with Crippen LogP contribution in [0.1, 0.15) is 12.6 Å². The zero-order valence-electron chi connectivity index (χ0n) is 14.0. The van der Waals surface area contributed by atoms with Gasteiger partial charge in [-0.15, -0.1) is 0 Å². The molecule has 15 heteroatoms. The number of hydrogen-bond donors (Lipinski definition) is 4. The molecule has 2 unspecified atom stereocenters. The zero-order valence-corrected chi connectivity index (χ0v) is 14.0. The number of azide groups is 1. The van der Waals surface area contributed by atoms with E-state index in [2.05, 4.69) is 25.1 Å². The Morgan fingerprint density at radius 1 is 1.68 bits per heavy atom. The first-order valence-corrected chi connectivity index (χ1v) is 7.61. The Kier molecular flexibility index (Phi) is 6.48. The molecule has 0 radical (unpaired) electrons. The fourth-order valence-corrected chi connectivity index (χ4v) is 2.49. The van der Waals surface area contributed by atoms with Gasteiger partial charge >= 0.3 is 11.7 Å². The summed E-state index contributed by atoms with van der Waals surface area (Å²) in [6, 6.07) is 1.12. The number of hydrogen-bond acceptors (Lipinski definition) is 10. The molecule has 152 valence electrons. The molecule has 5 atom stereocenters. The van der Waals surface area contributed by atoms with Gasteiger partial charge in [-0.25, -0.2) is 9.18 Å². The molecule has 0 saturated carbocycles. The van der Waals surface area contributed by atoms with Gasteiger partial charge in [0.25, 0.3) is 6.47 Å².